The van der Waals surface area contributed by atoms with Crippen molar-refractivity contribution in [3.8, 4) is 0 Å². The molecule has 9 heteroatoms. The Morgan fingerprint density at radius 1 is 1.06 bits per heavy atom. The molecular formula is C22H22N4O5. The van der Waals surface area contributed by atoms with Gasteiger partial charge in [0.05, 0.1) is 11.5 Å². The predicted molar refractivity (Wildman–Crippen MR) is 112 cm³/mol. The number of aryl methyl sites for hydroxylation is 1. The summed E-state index contributed by atoms with van der Waals surface area (Å²) in [6.45, 7) is 3.50. The van der Waals surface area contributed by atoms with Gasteiger partial charge in [-0.25, -0.2) is 0 Å². The second-order valence-corrected chi connectivity index (χ2v) is 6.96. The Morgan fingerprint density at radius 3 is 2.35 bits per heavy atom. The summed E-state index contributed by atoms with van der Waals surface area (Å²) in [5, 5.41) is 17.9. The Hall–Kier alpha value is -4.01. The molecule has 0 aliphatic rings. The van der Waals surface area contributed by atoms with Crippen LogP contribution in [0.25, 0.3) is 0 Å². The van der Waals surface area contributed by atoms with Gasteiger partial charge < -0.3 is 10.1 Å². The van der Waals surface area contributed by atoms with Crippen LogP contribution in [-0.2, 0) is 22.7 Å². The number of carbonyl (C=O) groups excluding carboxylic acids is 2. The van der Waals surface area contributed by atoms with Gasteiger partial charge in [0.25, 0.3) is 5.91 Å². The number of benzene rings is 2. The van der Waals surface area contributed by atoms with Crippen LogP contribution in [0, 0.1) is 24.0 Å². The van der Waals surface area contributed by atoms with Gasteiger partial charge in [0.1, 0.15) is 24.5 Å². The second-order valence-electron chi connectivity index (χ2n) is 6.96. The molecule has 0 saturated carbocycles. The van der Waals surface area contributed by atoms with E-state index in [-0.39, 0.29) is 18.8 Å². The molecule has 3 rings (SSSR count). The highest BCUT2D eigenvalue weighted by molar-refractivity contribution is 5.95. The van der Waals surface area contributed by atoms with Crippen molar-refractivity contribution in [1.29, 1.82) is 0 Å². The number of nitrogens with one attached hydrogen (secondary N) is 1. The summed E-state index contributed by atoms with van der Waals surface area (Å²) in [7, 11) is 0. The minimum atomic E-state index is -0.528. The van der Waals surface area contributed by atoms with E-state index < -0.39 is 16.8 Å². The van der Waals surface area contributed by atoms with Crippen LogP contribution in [0.4, 0.5) is 5.69 Å². The Bertz CT molecular complexity index is 1090. The molecular weight excluding hydrogens is 400 g/mol. The zero-order valence-corrected chi connectivity index (χ0v) is 17.2. The summed E-state index contributed by atoms with van der Waals surface area (Å²) >= 11 is 0. The van der Waals surface area contributed by atoms with E-state index in [4.69, 9.17) is 4.74 Å². The first-order valence-electron chi connectivity index (χ1n) is 9.60. The molecule has 0 aliphatic heterocycles. The Labute approximate surface area is 178 Å². The van der Waals surface area contributed by atoms with Crippen molar-refractivity contribution in [3.63, 3.8) is 0 Å². The minimum absolute atomic E-state index is 0.00940. The number of nitrogens with zero attached hydrogens (tertiary/aromatic N) is 3. The topological polar surface area (TPSA) is 116 Å². The van der Waals surface area contributed by atoms with Crippen molar-refractivity contribution >= 4 is 17.6 Å². The largest absolute Gasteiger partial charge is 0.460 e. The Balaban J connectivity index is 1.52. The summed E-state index contributed by atoms with van der Waals surface area (Å²) in [5.41, 5.74) is 2.93. The van der Waals surface area contributed by atoms with E-state index in [0.717, 1.165) is 11.1 Å². The highest BCUT2D eigenvalue weighted by atomic mass is 16.6. The normalized spacial score (nSPS) is 10.5. The molecule has 0 aliphatic carbocycles. The van der Waals surface area contributed by atoms with E-state index in [0.29, 0.717) is 23.5 Å². The van der Waals surface area contributed by atoms with Crippen molar-refractivity contribution in [2.24, 2.45) is 0 Å². The molecule has 0 radical (unpaired) electrons. The predicted octanol–water partition coefficient (Wildman–Crippen LogP) is 2.93. The van der Waals surface area contributed by atoms with Crippen LogP contribution in [-0.4, -0.2) is 33.1 Å². The van der Waals surface area contributed by atoms with E-state index in [1.54, 1.807) is 42.8 Å². The molecule has 0 atom stereocenters. The summed E-state index contributed by atoms with van der Waals surface area (Å²) in [6.07, 6.45) is 0. The summed E-state index contributed by atoms with van der Waals surface area (Å²) in [6, 6.07) is 16.0. The van der Waals surface area contributed by atoms with Crippen LogP contribution >= 0.6 is 0 Å². The highest BCUT2D eigenvalue weighted by Gasteiger charge is 2.21. The molecule has 160 valence electrons. The van der Waals surface area contributed by atoms with Crippen LogP contribution < -0.4 is 5.32 Å². The van der Waals surface area contributed by atoms with Gasteiger partial charge in [-0.05, 0) is 37.1 Å². The Kier molecular flexibility index (Phi) is 6.76. The van der Waals surface area contributed by atoms with Crippen molar-refractivity contribution in [2.75, 3.05) is 6.54 Å². The van der Waals surface area contributed by atoms with Crippen LogP contribution in [0.3, 0.4) is 0 Å². The minimum Gasteiger partial charge on any atom is -0.460 e. The lowest BCUT2D eigenvalue weighted by atomic mass is 10.1. The van der Waals surface area contributed by atoms with Crippen molar-refractivity contribution in [1.82, 2.24) is 15.1 Å². The number of hydrogen-bond acceptors (Lipinski definition) is 6. The number of aromatic nitrogens is 2. The number of carbonyl (C=O) groups is 2. The van der Waals surface area contributed by atoms with Gasteiger partial charge in [-0.15, -0.1) is 0 Å². The van der Waals surface area contributed by atoms with Gasteiger partial charge in [-0.3, -0.25) is 24.4 Å². The number of rotatable bonds is 8. The summed E-state index contributed by atoms with van der Waals surface area (Å²) < 4.78 is 6.69. The maximum Gasteiger partial charge on any atom is 0.325 e. The van der Waals surface area contributed by atoms with Crippen LogP contribution in [0.15, 0.2) is 54.6 Å². The van der Waals surface area contributed by atoms with Crippen LogP contribution in [0.5, 0.6) is 0 Å². The molecule has 0 unspecified atom stereocenters. The van der Waals surface area contributed by atoms with E-state index in [9.17, 15) is 19.7 Å². The highest BCUT2D eigenvalue weighted by Crippen LogP contribution is 2.22. The monoisotopic (exact) mass is 422 g/mol. The molecule has 1 heterocycles. The lowest BCUT2D eigenvalue weighted by molar-refractivity contribution is -0.386. The molecule has 1 amide bonds. The van der Waals surface area contributed by atoms with E-state index in [1.807, 2.05) is 30.3 Å². The molecule has 0 spiro atoms. The molecule has 0 bridgehead atoms. The van der Waals surface area contributed by atoms with Crippen molar-refractivity contribution in [3.05, 3.63) is 92.8 Å². The van der Waals surface area contributed by atoms with Gasteiger partial charge in [0.15, 0.2) is 0 Å². The first-order valence-corrected chi connectivity index (χ1v) is 9.60. The number of ether oxygens (including phenoxy) is 1. The lowest BCUT2D eigenvalue weighted by Gasteiger charge is -2.08. The molecule has 31 heavy (non-hydrogen) atoms. The summed E-state index contributed by atoms with van der Waals surface area (Å²) in [5.74, 6) is -0.926. The van der Waals surface area contributed by atoms with Crippen LogP contribution in [0.2, 0.25) is 0 Å². The number of hydrogen-bond donors (Lipinski definition) is 1. The SMILES string of the molecule is Cc1nn(Cc2ccc(C(=O)NCC(=O)OCc3ccccc3)cc2)c(C)c1[N+](=O)[O-]. The molecule has 2 aromatic carbocycles. The van der Waals surface area contributed by atoms with Crippen molar-refractivity contribution in [2.45, 2.75) is 27.0 Å². The van der Waals surface area contributed by atoms with Gasteiger partial charge in [-0.2, -0.15) is 5.10 Å². The molecule has 1 aromatic heterocycles. The third-order valence-electron chi connectivity index (χ3n) is 4.71. The fourth-order valence-corrected chi connectivity index (χ4v) is 3.08. The summed E-state index contributed by atoms with van der Waals surface area (Å²) in [4.78, 5) is 34.8. The second kappa shape index (κ2) is 9.66. The first kappa shape index (κ1) is 21.7. The molecule has 9 nitrogen and oxygen atoms in total. The molecule has 1 N–H and O–H groups in total. The first-order chi connectivity index (χ1) is 14.8. The van der Waals surface area contributed by atoms with Crippen molar-refractivity contribution < 1.29 is 19.2 Å². The van der Waals surface area contributed by atoms with E-state index in [2.05, 4.69) is 10.4 Å². The average Bonchev–Trinajstić information content (AvgIpc) is 3.04. The smallest absolute Gasteiger partial charge is 0.325 e. The standard InChI is InChI=1S/C22H22N4O5/c1-15-21(26(29)30)16(2)25(24-15)13-17-8-10-19(11-9-17)22(28)23-12-20(27)31-14-18-6-4-3-5-7-18/h3-11H,12-14H2,1-2H3,(H,23,28). The third kappa shape index (κ3) is 5.53. The molecule has 0 fully saturated rings. The third-order valence-corrected chi connectivity index (χ3v) is 4.71. The molecule has 0 saturated heterocycles. The maximum atomic E-state index is 12.3. The fourth-order valence-electron chi connectivity index (χ4n) is 3.08. The number of esters is 1. The van der Waals surface area contributed by atoms with Gasteiger partial charge in [0.2, 0.25) is 0 Å². The maximum absolute atomic E-state index is 12.3. The quantitative estimate of drug-likeness (QED) is 0.339. The average molecular weight is 422 g/mol. The van der Waals surface area contributed by atoms with Crippen LogP contribution in [0.1, 0.15) is 32.9 Å². The zero-order chi connectivity index (χ0) is 22.4. The fraction of sp³-hybridized carbons (Fsp3) is 0.227. The van der Waals surface area contributed by atoms with Gasteiger partial charge in [-0.1, -0.05) is 42.5 Å². The lowest BCUT2D eigenvalue weighted by Crippen LogP contribution is -2.30. The van der Waals surface area contributed by atoms with E-state index >= 15 is 0 Å². The number of nitro groups is 1. The zero-order valence-electron chi connectivity index (χ0n) is 17.2. The van der Waals surface area contributed by atoms with Gasteiger partial charge >= 0.3 is 11.7 Å². The number of amides is 1. The van der Waals surface area contributed by atoms with Gasteiger partial charge in [0, 0.05) is 5.56 Å². The van der Waals surface area contributed by atoms with E-state index in [1.165, 1.54) is 0 Å². The Morgan fingerprint density at radius 2 is 1.74 bits per heavy atom. The molecule has 3 aromatic rings.